The van der Waals surface area contributed by atoms with Crippen molar-refractivity contribution in [1.29, 1.82) is 0 Å². The monoisotopic (exact) mass is 228 g/mol. The predicted octanol–water partition coefficient (Wildman–Crippen LogP) is -1.06. The Bertz CT molecular complexity index is 244. The minimum absolute atomic E-state index is 0.0718. The molecule has 2 heterocycles. The normalized spacial score (nSPS) is 32.0. The van der Waals surface area contributed by atoms with E-state index in [-0.39, 0.29) is 19.0 Å². The topological polar surface area (TPSA) is 72.8 Å². The Hall–Kier alpha value is -0.650. The third-order valence-corrected chi connectivity index (χ3v) is 3.53. The fraction of sp³-hybridized carbons (Fsp3) is 0.909. The molecule has 0 aromatic heterocycles. The van der Waals surface area contributed by atoms with Gasteiger partial charge in [0.1, 0.15) is 0 Å². The van der Waals surface area contributed by atoms with Gasteiger partial charge in [-0.05, 0) is 31.8 Å². The van der Waals surface area contributed by atoms with Crippen LogP contribution in [0.3, 0.4) is 0 Å². The molecule has 2 atom stereocenters. The highest BCUT2D eigenvalue weighted by molar-refractivity contribution is 5.76. The zero-order valence-corrected chi connectivity index (χ0v) is 9.43. The van der Waals surface area contributed by atoms with Crippen LogP contribution in [0, 0.1) is 5.92 Å². The third kappa shape index (κ3) is 2.72. The van der Waals surface area contributed by atoms with Crippen LogP contribution in [0.5, 0.6) is 0 Å². The van der Waals surface area contributed by atoms with Crippen LogP contribution < -0.4 is 5.32 Å². The molecule has 92 valence electrons. The molecule has 0 aromatic carbocycles. The Morgan fingerprint density at radius 2 is 1.75 bits per heavy atom. The van der Waals surface area contributed by atoms with E-state index in [0.717, 1.165) is 25.9 Å². The quantitative estimate of drug-likeness (QED) is 0.563. The maximum absolute atomic E-state index is 11.9. The number of piperidine rings is 1. The van der Waals surface area contributed by atoms with Gasteiger partial charge in [0.25, 0.3) is 0 Å². The number of β-amino-alcohol motifs (C(OH)–C–C–N with tert-alkyl or cyclic N) is 2. The maximum atomic E-state index is 11.9. The summed E-state index contributed by atoms with van der Waals surface area (Å²) in [5.74, 6) is 0.533. The molecule has 0 aromatic rings. The first-order chi connectivity index (χ1) is 7.66. The molecule has 16 heavy (non-hydrogen) atoms. The number of hydrogen-bond donors (Lipinski definition) is 3. The predicted molar refractivity (Wildman–Crippen MR) is 58.8 cm³/mol. The third-order valence-electron chi connectivity index (χ3n) is 3.53. The van der Waals surface area contributed by atoms with E-state index in [1.165, 1.54) is 0 Å². The van der Waals surface area contributed by atoms with Crippen LogP contribution in [0.4, 0.5) is 0 Å². The number of carbonyl (C=O) groups excluding carboxylic acids is 1. The van der Waals surface area contributed by atoms with E-state index in [4.69, 9.17) is 0 Å². The molecule has 2 saturated heterocycles. The molecule has 0 spiro atoms. The van der Waals surface area contributed by atoms with Gasteiger partial charge in [0.15, 0.2) is 0 Å². The Balaban J connectivity index is 1.79. The van der Waals surface area contributed by atoms with Crippen LogP contribution in [-0.4, -0.2) is 59.4 Å². The van der Waals surface area contributed by atoms with E-state index in [1.807, 2.05) is 0 Å². The second kappa shape index (κ2) is 5.12. The van der Waals surface area contributed by atoms with Crippen molar-refractivity contribution in [2.45, 2.75) is 31.5 Å². The number of aliphatic hydroxyl groups is 2. The van der Waals surface area contributed by atoms with Crippen LogP contribution in [0.25, 0.3) is 0 Å². The van der Waals surface area contributed by atoms with E-state index in [9.17, 15) is 15.0 Å². The lowest BCUT2D eigenvalue weighted by Crippen LogP contribution is -2.34. The minimum Gasteiger partial charge on any atom is -0.388 e. The number of rotatable bonds is 2. The number of nitrogens with one attached hydrogen (secondary N) is 1. The molecule has 5 heteroatoms. The van der Waals surface area contributed by atoms with Crippen molar-refractivity contribution < 1.29 is 15.0 Å². The molecule has 0 bridgehead atoms. The summed E-state index contributed by atoms with van der Waals surface area (Å²) in [4.78, 5) is 13.5. The van der Waals surface area contributed by atoms with Gasteiger partial charge in [-0.2, -0.15) is 0 Å². The molecule has 2 rings (SSSR count). The van der Waals surface area contributed by atoms with Crippen molar-refractivity contribution in [2.24, 2.45) is 5.92 Å². The Morgan fingerprint density at radius 3 is 2.31 bits per heavy atom. The Kier molecular flexibility index (Phi) is 3.78. The van der Waals surface area contributed by atoms with Gasteiger partial charge in [-0.15, -0.1) is 0 Å². The molecule has 2 aliphatic rings. The van der Waals surface area contributed by atoms with Gasteiger partial charge in [-0.25, -0.2) is 0 Å². The second-order valence-corrected chi connectivity index (χ2v) is 4.83. The smallest absolute Gasteiger partial charge is 0.223 e. The van der Waals surface area contributed by atoms with Crippen molar-refractivity contribution >= 4 is 5.91 Å². The first-order valence-corrected chi connectivity index (χ1v) is 6.01. The first-order valence-electron chi connectivity index (χ1n) is 6.01. The van der Waals surface area contributed by atoms with E-state index in [0.29, 0.717) is 12.3 Å². The van der Waals surface area contributed by atoms with Crippen LogP contribution >= 0.6 is 0 Å². The highest BCUT2D eigenvalue weighted by atomic mass is 16.3. The number of likely N-dealkylation sites (tertiary alicyclic amines) is 1. The molecule has 1 amide bonds. The maximum Gasteiger partial charge on any atom is 0.223 e. The molecule has 0 aliphatic carbocycles. The number of hydrogen-bond acceptors (Lipinski definition) is 4. The van der Waals surface area contributed by atoms with Crippen LogP contribution in [-0.2, 0) is 4.79 Å². The van der Waals surface area contributed by atoms with Crippen molar-refractivity contribution in [3.8, 4) is 0 Å². The fourth-order valence-corrected chi connectivity index (χ4v) is 2.44. The SMILES string of the molecule is O=C(CC1CCNCC1)N1C[C@@H](O)[C@@H](O)C1. The summed E-state index contributed by atoms with van der Waals surface area (Å²) in [5, 5.41) is 22.0. The minimum atomic E-state index is -0.767. The van der Waals surface area contributed by atoms with Gasteiger partial charge in [0.05, 0.1) is 12.2 Å². The van der Waals surface area contributed by atoms with E-state index < -0.39 is 12.2 Å². The van der Waals surface area contributed by atoms with Gasteiger partial charge in [0, 0.05) is 19.5 Å². The molecular weight excluding hydrogens is 208 g/mol. The number of nitrogens with zero attached hydrogens (tertiary/aromatic N) is 1. The number of aliphatic hydroxyl groups excluding tert-OH is 2. The standard InChI is InChI=1S/C11H20N2O3/c14-9-6-13(7-10(9)15)11(16)5-8-1-3-12-4-2-8/h8-10,12,14-15H,1-7H2/t9-,10+. The summed E-state index contributed by atoms with van der Waals surface area (Å²) in [6.07, 6.45) is 1.12. The molecule has 2 aliphatic heterocycles. The van der Waals surface area contributed by atoms with Crippen LogP contribution in [0.15, 0.2) is 0 Å². The lowest BCUT2D eigenvalue weighted by Gasteiger charge is -2.24. The summed E-state index contributed by atoms with van der Waals surface area (Å²) in [7, 11) is 0. The summed E-state index contributed by atoms with van der Waals surface area (Å²) in [5.41, 5.74) is 0. The van der Waals surface area contributed by atoms with Gasteiger partial charge in [0.2, 0.25) is 5.91 Å². The van der Waals surface area contributed by atoms with E-state index in [2.05, 4.69) is 5.32 Å². The average Bonchev–Trinajstić information content (AvgIpc) is 2.61. The summed E-state index contributed by atoms with van der Waals surface area (Å²) in [6.45, 7) is 2.54. The zero-order valence-electron chi connectivity index (χ0n) is 9.43. The lowest BCUT2D eigenvalue weighted by molar-refractivity contribution is -0.131. The molecule has 0 saturated carbocycles. The summed E-state index contributed by atoms with van der Waals surface area (Å²) >= 11 is 0. The largest absolute Gasteiger partial charge is 0.388 e. The van der Waals surface area contributed by atoms with E-state index in [1.54, 1.807) is 4.90 Å². The summed E-state index contributed by atoms with van der Waals surface area (Å²) < 4.78 is 0. The molecule has 0 unspecified atom stereocenters. The van der Waals surface area contributed by atoms with Crippen LogP contribution in [0.2, 0.25) is 0 Å². The van der Waals surface area contributed by atoms with Crippen molar-refractivity contribution in [2.75, 3.05) is 26.2 Å². The molecular formula is C11H20N2O3. The van der Waals surface area contributed by atoms with Gasteiger partial charge >= 0.3 is 0 Å². The molecule has 2 fully saturated rings. The second-order valence-electron chi connectivity index (χ2n) is 4.83. The summed E-state index contributed by atoms with van der Waals surface area (Å²) in [6, 6.07) is 0. The number of amides is 1. The molecule has 3 N–H and O–H groups in total. The van der Waals surface area contributed by atoms with Crippen LogP contribution in [0.1, 0.15) is 19.3 Å². The zero-order chi connectivity index (χ0) is 11.5. The number of carbonyl (C=O) groups is 1. The molecule has 5 nitrogen and oxygen atoms in total. The highest BCUT2D eigenvalue weighted by Gasteiger charge is 2.33. The molecule has 0 radical (unpaired) electrons. The van der Waals surface area contributed by atoms with Crippen molar-refractivity contribution in [3.63, 3.8) is 0 Å². The Morgan fingerprint density at radius 1 is 1.19 bits per heavy atom. The first kappa shape index (κ1) is 11.8. The Labute approximate surface area is 95.4 Å². The van der Waals surface area contributed by atoms with Gasteiger partial charge in [-0.3, -0.25) is 4.79 Å². The highest BCUT2D eigenvalue weighted by Crippen LogP contribution is 2.19. The van der Waals surface area contributed by atoms with E-state index >= 15 is 0 Å². The average molecular weight is 228 g/mol. The lowest BCUT2D eigenvalue weighted by atomic mass is 9.94. The van der Waals surface area contributed by atoms with Crippen molar-refractivity contribution in [1.82, 2.24) is 10.2 Å². The van der Waals surface area contributed by atoms with Gasteiger partial charge < -0.3 is 20.4 Å². The van der Waals surface area contributed by atoms with Gasteiger partial charge in [-0.1, -0.05) is 0 Å². The fourth-order valence-electron chi connectivity index (χ4n) is 2.44. The van der Waals surface area contributed by atoms with Crippen molar-refractivity contribution in [3.05, 3.63) is 0 Å².